The molecule has 1 aliphatic rings. The number of rotatable bonds is 6. The lowest BCUT2D eigenvalue weighted by Gasteiger charge is -2.28. The molecular formula is C20H28N2O. The van der Waals surface area contributed by atoms with Crippen LogP contribution in [0.3, 0.4) is 0 Å². The van der Waals surface area contributed by atoms with Crippen LogP contribution in [0.2, 0.25) is 0 Å². The molecule has 0 aliphatic heterocycles. The lowest BCUT2D eigenvalue weighted by molar-refractivity contribution is 0.308. The van der Waals surface area contributed by atoms with Gasteiger partial charge in [0.15, 0.2) is 5.82 Å². The molecule has 0 unspecified atom stereocenters. The largest absolute Gasteiger partial charge is 0.334 e. The van der Waals surface area contributed by atoms with Crippen LogP contribution in [-0.4, -0.2) is 10.1 Å². The molecule has 1 heterocycles. The molecule has 0 radical (unpaired) electrons. The smallest absolute Gasteiger partial charge is 0.257 e. The molecule has 3 nitrogen and oxygen atoms in total. The normalized spacial score (nSPS) is 21.5. The maximum atomic E-state index is 5.37. The minimum absolute atomic E-state index is 0.645. The van der Waals surface area contributed by atoms with E-state index in [9.17, 15) is 0 Å². The van der Waals surface area contributed by atoms with Crippen LogP contribution in [0.5, 0.6) is 0 Å². The summed E-state index contributed by atoms with van der Waals surface area (Å²) in [5, 5.41) is 4.03. The van der Waals surface area contributed by atoms with Crippen LogP contribution in [0.1, 0.15) is 76.1 Å². The van der Waals surface area contributed by atoms with Gasteiger partial charge in [0.2, 0.25) is 0 Å². The highest BCUT2D eigenvalue weighted by molar-refractivity contribution is 5.53. The quantitative estimate of drug-likeness (QED) is 0.680. The second-order valence-electron chi connectivity index (χ2n) is 6.89. The molecule has 0 amide bonds. The van der Waals surface area contributed by atoms with Gasteiger partial charge in [0.25, 0.3) is 5.89 Å². The molecule has 1 fully saturated rings. The van der Waals surface area contributed by atoms with E-state index in [1.807, 2.05) is 0 Å². The summed E-state index contributed by atoms with van der Waals surface area (Å²) in [6, 6.07) is 8.78. The van der Waals surface area contributed by atoms with Gasteiger partial charge in [0.05, 0.1) is 0 Å². The Morgan fingerprint density at radius 1 is 1.00 bits per heavy atom. The van der Waals surface area contributed by atoms with Crippen molar-refractivity contribution in [2.75, 3.05) is 0 Å². The van der Waals surface area contributed by atoms with Crippen molar-refractivity contribution >= 4 is 0 Å². The first-order chi connectivity index (χ1) is 11.3. The van der Waals surface area contributed by atoms with Crippen molar-refractivity contribution in [1.29, 1.82) is 0 Å². The van der Waals surface area contributed by atoms with Gasteiger partial charge in [-0.25, -0.2) is 0 Å². The average molecular weight is 312 g/mol. The number of hydrogen-bond acceptors (Lipinski definition) is 3. The minimum Gasteiger partial charge on any atom is -0.334 e. The second-order valence-corrected chi connectivity index (χ2v) is 6.89. The van der Waals surface area contributed by atoms with E-state index in [0.29, 0.717) is 5.89 Å². The van der Waals surface area contributed by atoms with Gasteiger partial charge in [-0.1, -0.05) is 44.0 Å². The van der Waals surface area contributed by atoms with E-state index in [-0.39, 0.29) is 0 Å². The first-order valence-corrected chi connectivity index (χ1v) is 9.23. The maximum absolute atomic E-state index is 5.37. The van der Waals surface area contributed by atoms with Gasteiger partial charge in [-0.3, -0.25) is 0 Å². The minimum atomic E-state index is 0.645. The van der Waals surface area contributed by atoms with Crippen LogP contribution in [0, 0.1) is 5.92 Å². The Hall–Kier alpha value is -1.64. The zero-order valence-corrected chi connectivity index (χ0v) is 14.4. The van der Waals surface area contributed by atoms with Crippen molar-refractivity contribution in [1.82, 2.24) is 10.1 Å². The van der Waals surface area contributed by atoms with E-state index in [4.69, 9.17) is 4.52 Å². The fourth-order valence-electron chi connectivity index (χ4n) is 3.79. The first kappa shape index (κ1) is 16.2. The van der Waals surface area contributed by atoms with E-state index < -0.39 is 0 Å². The molecule has 2 aromatic rings. The Balaban J connectivity index is 1.63. The molecule has 0 saturated heterocycles. The molecule has 3 heteroatoms. The maximum Gasteiger partial charge on any atom is 0.257 e. The van der Waals surface area contributed by atoms with Crippen LogP contribution in [0.15, 0.2) is 28.8 Å². The predicted octanol–water partition coefficient (Wildman–Crippen LogP) is 5.76. The summed E-state index contributed by atoms with van der Waals surface area (Å²) in [6.45, 7) is 4.42. The highest BCUT2D eigenvalue weighted by Gasteiger charge is 2.21. The van der Waals surface area contributed by atoms with Gasteiger partial charge < -0.3 is 4.52 Å². The zero-order chi connectivity index (χ0) is 16.1. The van der Waals surface area contributed by atoms with E-state index in [0.717, 1.165) is 36.1 Å². The van der Waals surface area contributed by atoms with Crippen LogP contribution in [-0.2, 0) is 6.42 Å². The highest BCUT2D eigenvalue weighted by atomic mass is 16.5. The van der Waals surface area contributed by atoms with E-state index >= 15 is 0 Å². The van der Waals surface area contributed by atoms with Crippen LogP contribution in [0.4, 0.5) is 0 Å². The van der Waals surface area contributed by atoms with Gasteiger partial charge in [-0.15, -0.1) is 0 Å². The third-order valence-electron chi connectivity index (χ3n) is 5.11. The molecule has 23 heavy (non-hydrogen) atoms. The van der Waals surface area contributed by atoms with Crippen LogP contribution < -0.4 is 0 Å². The predicted molar refractivity (Wildman–Crippen MR) is 93.3 cm³/mol. The van der Waals surface area contributed by atoms with Gasteiger partial charge in [-0.2, -0.15) is 4.98 Å². The topological polar surface area (TPSA) is 38.9 Å². The summed E-state index contributed by atoms with van der Waals surface area (Å²) in [7, 11) is 0. The Labute approximate surface area is 139 Å². The number of aryl methyl sites for hydroxylation is 1. The van der Waals surface area contributed by atoms with E-state index in [1.165, 1.54) is 44.1 Å². The Bertz CT molecular complexity index is 594. The molecule has 3 rings (SSSR count). The van der Waals surface area contributed by atoms with Gasteiger partial charge in [0.1, 0.15) is 0 Å². The summed E-state index contributed by atoms with van der Waals surface area (Å²) >= 11 is 0. The molecule has 0 atom stereocenters. The Kier molecular flexibility index (Phi) is 5.47. The van der Waals surface area contributed by atoms with Crippen molar-refractivity contribution in [2.45, 2.75) is 71.1 Å². The summed E-state index contributed by atoms with van der Waals surface area (Å²) in [4.78, 5) is 4.47. The lowest BCUT2D eigenvalue weighted by Crippen LogP contribution is -2.13. The zero-order valence-electron chi connectivity index (χ0n) is 14.4. The number of benzene rings is 1. The fraction of sp³-hybridized carbons (Fsp3) is 0.600. The Morgan fingerprint density at radius 2 is 1.74 bits per heavy atom. The van der Waals surface area contributed by atoms with Gasteiger partial charge >= 0.3 is 0 Å². The Morgan fingerprint density at radius 3 is 2.39 bits per heavy atom. The molecule has 1 aromatic heterocycles. The number of nitrogens with zero attached hydrogens (tertiary/aromatic N) is 2. The fourth-order valence-corrected chi connectivity index (χ4v) is 3.79. The number of hydrogen-bond donors (Lipinski definition) is 0. The van der Waals surface area contributed by atoms with Gasteiger partial charge in [0, 0.05) is 12.0 Å². The highest BCUT2D eigenvalue weighted by Crippen LogP contribution is 2.37. The van der Waals surface area contributed by atoms with Crippen molar-refractivity contribution in [2.24, 2.45) is 5.92 Å². The van der Waals surface area contributed by atoms with E-state index in [2.05, 4.69) is 48.3 Å². The third-order valence-corrected chi connectivity index (χ3v) is 5.11. The summed E-state index contributed by atoms with van der Waals surface area (Å²) in [6.07, 6.45) is 10.1. The molecule has 124 valence electrons. The number of aromatic nitrogens is 2. The monoisotopic (exact) mass is 312 g/mol. The molecule has 0 N–H and O–H groups in total. The third kappa shape index (κ3) is 4.01. The first-order valence-electron chi connectivity index (χ1n) is 9.23. The summed E-state index contributed by atoms with van der Waals surface area (Å²) in [5.41, 5.74) is 2.50. The van der Waals surface area contributed by atoms with Crippen LogP contribution >= 0.6 is 0 Å². The molecule has 1 aliphatic carbocycles. The SMILES string of the molecule is CCCc1noc(-c2ccc(C3CCC(CCC)CC3)cc2)n1. The molecular weight excluding hydrogens is 284 g/mol. The second kappa shape index (κ2) is 7.76. The van der Waals surface area contributed by atoms with Crippen molar-refractivity contribution in [3.8, 4) is 11.5 Å². The molecule has 0 spiro atoms. The van der Waals surface area contributed by atoms with Crippen molar-refractivity contribution in [3.63, 3.8) is 0 Å². The van der Waals surface area contributed by atoms with Crippen molar-refractivity contribution < 1.29 is 4.52 Å². The standard InChI is InChI=1S/C20H28N2O/c1-3-5-15-7-9-16(10-8-15)17-11-13-18(14-12-17)20-21-19(6-4-2)22-23-20/h11-16H,3-10H2,1-2H3. The molecule has 1 aromatic carbocycles. The van der Waals surface area contributed by atoms with E-state index in [1.54, 1.807) is 0 Å². The lowest BCUT2D eigenvalue weighted by atomic mass is 9.77. The van der Waals surface area contributed by atoms with Gasteiger partial charge in [-0.05, 0) is 61.6 Å². The average Bonchev–Trinajstić information content (AvgIpc) is 3.05. The van der Waals surface area contributed by atoms with Crippen molar-refractivity contribution in [3.05, 3.63) is 35.7 Å². The van der Waals surface area contributed by atoms with Crippen LogP contribution in [0.25, 0.3) is 11.5 Å². The molecule has 1 saturated carbocycles. The summed E-state index contributed by atoms with van der Waals surface area (Å²) in [5.74, 6) is 3.15. The molecule has 0 bridgehead atoms. The summed E-state index contributed by atoms with van der Waals surface area (Å²) < 4.78 is 5.37.